The van der Waals surface area contributed by atoms with Gasteiger partial charge in [0, 0.05) is 34.2 Å². The molecule has 0 aromatic carbocycles. The first-order chi connectivity index (χ1) is 7.65. The Bertz CT molecular complexity index is 486. The Morgan fingerprint density at radius 1 is 1.50 bits per heavy atom. The normalized spacial score (nSPS) is 12.7. The van der Waals surface area contributed by atoms with Gasteiger partial charge in [-0.1, -0.05) is 0 Å². The second-order valence-electron chi connectivity index (χ2n) is 3.51. The molecule has 2 rings (SSSR count). The van der Waals surface area contributed by atoms with Gasteiger partial charge in [-0.3, -0.25) is 4.98 Å². The molecule has 0 fully saturated rings. The van der Waals surface area contributed by atoms with E-state index in [0.717, 1.165) is 20.7 Å². The maximum atomic E-state index is 10.0. The van der Waals surface area contributed by atoms with Gasteiger partial charge in [0.1, 0.15) is 0 Å². The summed E-state index contributed by atoms with van der Waals surface area (Å²) >= 11 is 4.93. The fourth-order valence-corrected chi connectivity index (χ4v) is 2.44. The molecular formula is C11H11BrN2OS. The van der Waals surface area contributed by atoms with Crippen molar-refractivity contribution >= 4 is 27.3 Å². The fourth-order valence-electron chi connectivity index (χ4n) is 1.43. The number of halogens is 1. The maximum absolute atomic E-state index is 10.0. The smallest absolute Gasteiger partial charge is 0.0897 e. The lowest BCUT2D eigenvalue weighted by atomic mass is 10.1. The van der Waals surface area contributed by atoms with Crippen molar-refractivity contribution in [2.24, 2.45) is 0 Å². The van der Waals surface area contributed by atoms with E-state index in [9.17, 15) is 5.11 Å². The summed E-state index contributed by atoms with van der Waals surface area (Å²) in [6.45, 7) is 1.96. The summed E-state index contributed by atoms with van der Waals surface area (Å²) in [7, 11) is 0. The number of aliphatic hydroxyl groups is 1. The van der Waals surface area contributed by atoms with Gasteiger partial charge in [-0.15, -0.1) is 11.3 Å². The number of aliphatic hydroxyl groups excluding tert-OH is 1. The molecule has 1 N–H and O–H groups in total. The molecule has 84 valence electrons. The summed E-state index contributed by atoms with van der Waals surface area (Å²) < 4.78 is 0.874. The molecule has 2 heterocycles. The van der Waals surface area contributed by atoms with Crippen molar-refractivity contribution in [2.45, 2.75) is 19.4 Å². The molecule has 3 nitrogen and oxygen atoms in total. The third-order valence-corrected chi connectivity index (χ3v) is 3.44. The molecule has 0 bridgehead atoms. The van der Waals surface area contributed by atoms with E-state index in [4.69, 9.17) is 0 Å². The van der Waals surface area contributed by atoms with Crippen LogP contribution in [-0.4, -0.2) is 15.1 Å². The van der Waals surface area contributed by atoms with Gasteiger partial charge in [0.05, 0.1) is 16.8 Å². The minimum atomic E-state index is -0.550. The topological polar surface area (TPSA) is 46.0 Å². The van der Waals surface area contributed by atoms with Crippen LogP contribution in [0.15, 0.2) is 28.3 Å². The number of rotatable bonds is 3. The van der Waals surface area contributed by atoms with E-state index in [1.165, 1.54) is 0 Å². The number of pyridine rings is 1. The van der Waals surface area contributed by atoms with Crippen molar-refractivity contribution in [2.75, 3.05) is 0 Å². The highest BCUT2D eigenvalue weighted by Crippen LogP contribution is 2.21. The minimum absolute atomic E-state index is 0.530. The third kappa shape index (κ3) is 2.87. The van der Waals surface area contributed by atoms with Crippen molar-refractivity contribution in [1.29, 1.82) is 0 Å². The molecule has 5 heteroatoms. The molecule has 1 unspecified atom stereocenters. The van der Waals surface area contributed by atoms with Crippen molar-refractivity contribution in [3.63, 3.8) is 0 Å². The van der Waals surface area contributed by atoms with E-state index >= 15 is 0 Å². The maximum Gasteiger partial charge on any atom is 0.0897 e. The molecule has 0 aliphatic carbocycles. The fraction of sp³-hybridized carbons (Fsp3) is 0.273. The van der Waals surface area contributed by atoms with Crippen LogP contribution in [0.4, 0.5) is 0 Å². The first kappa shape index (κ1) is 11.7. The van der Waals surface area contributed by atoms with E-state index in [1.54, 1.807) is 23.7 Å². The first-order valence-electron chi connectivity index (χ1n) is 4.84. The monoisotopic (exact) mass is 298 g/mol. The number of hydrogen-bond donors (Lipinski definition) is 1. The largest absolute Gasteiger partial charge is 0.388 e. The highest BCUT2D eigenvalue weighted by molar-refractivity contribution is 9.10. The van der Waals surface area contributed by atoms with Gasteiger partial charge in [0.2, 0.25) is 0 Å². The zero-order chi connectivity index (χ0) is 11.5. The van der Waals surface area contributed by atoms with Crippen LogP contribution in [0.2, 0.25) is 0 Å². The predicted molar refractivity (Wildman–Crippen MR) is 67.5 cm³/mol. The average Bonchev–Trinajstić information content (AvgIpc) is 2.64. The molecular weight excluding hydrogens is 288 g/mol. The van der Waals surface area contributed by atoms with Crippen LogP contribution in [0.3, 0.4) is 0 Å². The summed E-state index contributed by atoms with van der Waals surface area (Å²) in [5.41, 5.74) is 1.73. The van der Waals surface area contributed by atoms with Gasteiger partial charge in [-0.05, 0) is 28.9 Å². The Morgan fingerprint density at radius 3 is 2.94 bits per heavy atom. The van der Waals surface area contributed by atoms with Crippen molar-refractivity contribution in [3.05, 3.63) is 44.6 Å². The Labute approximate surface area is 106 Å². The van der Waals surface area contributed by atoms with E-state index in [1.807, 2.05) is 18.4 Å². The van der Waals surface area contributed by atoms with Crippen LogP contribution >= 0.6 is 27.3 Å². The minimum Gasteiger partial charge on any atom is -0.388 e. The standard InChI is InChI=1S/C11H11BrN2OS/c1-7-14-10(6-16-7)3-11(15)8-2-9(12)5-13-4-8/h2,4-6,11,15H,3H2,1H3. The van der Waals surface area contributed by atoms with Crippen molar-refractivity contribution in [1.82, 2.24) is 9.97 Å². The zero-order valence-corrected chi connectivity index (χ0v) is 11.1. The van der Waals surface area contributed by atoms with Crippen LogP contribution in [0, 0.1) is 6.92 Å². The van der Waals surface area contributed by atoms with E-state index in [0.29, 0.717) is 6.42 Å². The molecule has 0 radical (unpaired) electrons. The van der Waals surface area contributed by atoms with Gasteiger partial charge in [0.25, 0.3) is 0 Å². The van der Waals surface area contributed by atoms with Gasteiger partial charge in [-0.25, -0.2) is 4.98 Å². The van der Waals surface area contributed by atoms with Crippen molar-refractivity contribution in [3.8, 4) is 0 Å². The predicted octanol–water partition coefficient (Wildman–Crippen LogP) is 2.89. The summed E-state index contributed by atoms with van der Waals surface area (Å²) in [6.07, 6.45) is 3.35. The third-order valence-electron chi connectivity index (χ3n) is 2.18. The Hall–Kier alpha value is -0.780. The summed E-state index contributed by atoms with van der Waals surface area (Å²) in [5, 5.41) is 13.0. The molecule has 2 aromatic rings. The van der Waals surface area contributed by atoms with E-state index in [-0.39, 0.29) is 0 Å². The van der Waals surface area contributed by atoms with Crippen LogP contribution in [0.5, 0.6) is 0 Å². The number of hydrogen-bond acceptors (Lipinski definition) is 4. The van der Waals surface area contributed by atoms with Crippen LogP contribution in [0.25, 0.3) is 0 Å². The molecule has 0 saturated carbocycles. The quantitative estimate of drug-likeness (QED) is 0.948. The van der Waals surface area contributed by atoms with Crippen LogP contribution < -0.4 is 0 Å². The second-order valence-corrected chi connectivity index (χ2v) is 5.49. The van der Waals surface area contributed by atoms with Crippen LogP contribution in [0.1, 0.15) is 22.4 Å². The van der Waals surface area contributed by atoms with Crippen molar-refractivity contribution < 1.29 is 5.11 Å². The molecule has 0 aliphatic heterocycles. The number of nitrogens with zero attached hydrogens (tertiary/aromatic N) is 2. The Balaban J connectivity index is 2.11. The highest BCUT2D eigenvalue weighted by atomic mass is 79.9. The number of aromatic nitrogens is 2. The molecule has 0 aliphatic rings. The summed E-state index contributed by atoms with van der Waals surface area (Å²) in [6, 6.07) is 1.87. The first-order valence-corrected chi connectivity index (χ1v) is 6.52. The highest BCUT2D eigenvalue weighted by Gasteiger charge is 2.11. The van der Waals surface area contributed by atoms with E-state index in [2.05, 4.69) is 25.9 Å². The van der Waals surface area contributed by atoms with Gasteiger partial charge < -0.3 is 5.11 Å². The molecule has 2 aromatic heterocycles. The molecule has 16 heavy (non-hydrogen) atoms. The van der Waals surface area contributed by atoms with Gasteiger partial charge in [0.15, 0.2) is 0 Å². The lowest BCUT2D eigenvalue weighted by Gasteiger charge is -2.08. The molecule has 0 amide bonds. The molecule has 1 atom stereocenters. The lowest BCUT2D eigenvalue weighted by molar-refractivity contribution is 0.177. The lowest BCUT2D eigenvalue weighted by Crippen LogP contribution is -2.02. The second kappa shape index (κ2) is 5.03. The average molecular weight is 299 g/mol. The van der Waals surface area contributed by atoms with Gasteiger partial charge in [-0.2, -0.15) is 0 Å². The number of thiazole rings is 1. The Morgan fingerprint density at radius 2 is 2.31 bits per heavy atom. The van der Waals surface area contributed by atoms with E-state index < -0.39 is 6.10 Å². The summed E-state index contributed by atoms with van der Waals surface area (Å²) in [4.78, 5) is 8.35. The SMILES string of the molecule is Cc1nc(CC(O)c2cncc(Br)c2)cs1. The number of aryl methyl sites for hydroxylation is 1. The molecule has 0 saturated heterocycles. The Kier molecular flexibility index (Phi) is 3.68. The van der Waals surface area contributed by atoms with Crippen LogP contribution in [-0.2, 0) is 6.42 Å². The van der Waals surface area contributed by atoms with Gasteiger partial charge >= 0.3 is 0 Å². The zero-order valence-electron chi connectivity index (χ0n) is 8.72. The summed E-state index contributed by atoms with van der Waals surface area (Å²) in [5.74, 6) is 0. The molecule has 0 spiro atoms.